The number of benzene rings is 2. The van der Waals surface area contributed by atoms with Gasteiger partial charge in [-0.2, -0.15) is 0 Å². The van der Waals surface area contributed by atoms with E-state index in [4.69, 9.17) is 4.42 Å². The number of likely N-dealkylation sites (tertiary alicyclic amines) is 1. The van der Waals surface area contributed by atoms with Gasteiger partial charge in [-0.25, -0.2) is 12.8 Å². The van der Waals surface area contributed by atoms with Crippen molar-refractivity contribution in [3.05, 3.63) is 66.2 Å². The zero-order valence-electron chi connectivity index (χ0n) is 13.1. The summed E-state index contributed by atoms with van der Waals surface area (Å²) in [6.07, 6.45) is 0. The van der Waals surface area contributed by atoms with Crippen molar-refractivity contribution in [3.8, 4) is 0 Å². The Hall–Kier alpha value is -2.67. The highest BCUT2D eigenvalue weighted by molar-refractivity contribution is 7.92. The van der Waals surface area contributed by atoms with E-state index in [0.29, 0.717) is 5.58 Å². The average molecular weight is 359 g/mol. The van der Waals surface area contributed by atoms with E-state index in [1.54, 1.807) is 12.1 Å². The van der Waals surface area contributed by atoms with E-state index in [9.17, 15) is 17.6 Å². The van der Waals surface area contributed by atoms with Crippen LogP contribution in [-0.2, 0) is 9.84 Å². The molecule has 1 fully saturated rings. The normalized spacial score (nSPS) is 15.3. The molecule has 3 aromatic rings. The summed E-state index contributed by atoms with van der Waals surface area (Å²) in [5.74, 6) is -0.630. The van der Waals surface area contributed by atoms with Gasteiger partial charge in [-0.3, -0.25) is 4.79 Å². The van der Waals surface area contributed by atoms with Crippen LogP contribution in [0.15, 0.2) is 63.9 Å². The summed E-state index contributed by atoms with van der Waals surface area (Å²) in [7, 11) is -3.58. The second kappa shape index (κ2) is 5.70. The number of carbonyl (C=O) groups is 1. The molecule has 1 aromatic heterocycles. The van der Waals surface area contributed by atoms with E-state index in [1.165, 1.54) is 17.0 Å². The molecule has 7 heteroatoms. The summed E-state index contributed by atoms with van der Waals surface area (Å²) in [5, 5.41) is 0.133. The maximum atomic E-state index is 13.0. The van der Waals surface area contributed by atoms with Crippen LogP contribution in [0.3, 0.4) is 0 Å². The number of sulfone groups is 1. The summed E-state index contributed by atoms with van der Waals surface area (Å²) < 4.78 is 43.5. The Morgan fingerprint density at radius 3 is 2.44 bits per heavy atom. The number of furan rings is 1. The van der Waals surface area contributed by atoms with Crippen LogP contribution in [0.25, 0.3) is 11.0 Å². The number of rotatable bonds is 3. The first kappa shape index (κ1) is 15.8. The minimum absolute atomic E-state index is 0.0646. The van der Waals surface area contributed by atoms with Crippen LogP contribution in [0.5, 0.6) is 0 Å². The van der Waals surface area contributed by atoms with E-state index < -0.39 is 20.9 Å². The molecule has 0 bridgehead atoms. The topological polar surface area (TPSA) is 67.6 Å². The molecule has 0 atom stereocenters. The van der Waals surface area contributed by atoms with Gasteiger partial charge < -0.3 is 9.32 Å². The van der Waals surface area contributed by atoms with Crippen LogP contribution in [0.4, 0.5) is 4.39 Å². The Morgan fingerprint density at radius 2 is 1.76 bits per heavy atom. The largest absolute Gasteiger partial charge is 0.451 e. The van der Waals surface area contributed by atoms with Gasteiger partial charge in [0.05, 0.1) is 4.90 Å². The number of nitrogens with zero attached hydrogens (tertiary/aromatic N) is 1. The van der Waals surface area contributed by atoms with Crippen LogP contribution < -0.4 is 0 Å². The molecule has 1 saturated heterocycles. The fraction of sp³-hybridized carbons (Fsp3) is 0.167. The molecule has 0 N–H and O–H groups in total. The highest BCUT2D eigenvalue weighted by atomic mass is 32.2. The van der Waals surface area contributed by atoms with Crippen LogP contribution >= 0.6 is 0 Å². The first-order chi connectivity index (χ1) is 11.9. The van der Waals surface area contributed by atoms with Crippen molar-refractivity contribution >= 4 is 26.7 Å². The van der Waals surface area contributed by atoms with E-state index in [0.717, 1.165) is 17.5 Å². The van der Waals surface area contributed by atoms with Gasteiger partial charge in [-0.1, -0.05) is 18.2 Å². The monoisotopic (exact) mass is 359 g/mol. The molecule has 1 amide bonds. The standard InChI is InChI=1S/C18H14FNO4S/c19-13-5-7-14(8-6-13)25(22,23)15-10-20(11-15)18(21)17-9-12-3-1-2-4-16(12)24-17/h1-9,15H,10-11H2. The molecule has 1 aliphatic rings. The van der Waals surface area contributed by atoms with Crippen molar-refractivity contribution in [2.24, 2.45) is 0 Å². The van der Waals surface area contributed by atoms with Gasteiger partial charge in [0.25, 0.3) is 5.91 Å². The highest BCUT2D eigenvalue weighted by Crippen LogP contribution is 2.27. The maximum absolute atomic E-state index is 13.0. The number of halogens is 1. The van der Waals surface area contributed by atoms with Gasteiger partial charge in [0.1, 0.15) is 16.7 Å². The fourth-order valence-electron chi connectivity index (χ4n) is 2.86. The Balaban J connectivity index is 1.49. The van der Waals surface area contributed by atoms with Crippen molar-refractivity contribution in [1.29, 1.82) is 0 Å². The van der Waals surface area contributed by atoms with E-state index >= 15 is 0 Å². The Kier molecular flexibility index (Phi) is 3.61. The average Bonchev–Trinajstić information content (AvgIpc) is 2.97. The molecule has 0 radical (unpaired) electrons. The molecule has 2 aromatic carbocycles. The number of fused-ring (bicyclic) bond motifs is 1. The molecule has 5 nitrogen and oxygen atoms in total. The Bertz CT molecular complexity index is 1020. The molecule has 0 unspecified atom stereocenters. The van der Waals surface area contributed by atoms with E-state index in [-0.39, 0.29) is 29.7 Å². The number of carbonyl (C=O) groups excluding carboxylic acids is 1. The molecule has 1 aliphatic heterocycles. The lowest BCUT2D eigenvalue weighted by molar-refractivity contribution is 0.0628. The maximum Gasteiger partial charge on any atom is 0.289 e. The van der Waals surface area contributed by atoms with Crippen molar-refractivity contribution in [3.63, 3.8) is 0 Å². The molecule has 128 valence electrons. The number of para-hydroxylation sites is 1. The lowest BCUT2D eigenvalue weighted by atomic mass is 10.2. The van der Waals surface area contributed by atoms with E-state index in [2.05, 4.69) is 0 Å². The minimum Gasteiger partial charge on any atom is -0.451 e. The predicted molar refractivity (Wildman–Crippen MR) is 89.5 cm³/mol. The third kappa shape index (κ3) is 2.70. The molecule has 4 rings (SSSR count). The van der Waals surface area contributed by atoms with Crippen LogP contribution in [-0.4, -0.2) is 37.6 Å². The molecular weight excluding hydrogens is 345 g/mol. The molecule has 0 saturated carbocycles. The summed E-state index contributed by atoms with van der Waals surface area (Å²) >= 11 is 0. The number of hydrogen-bond acceptors (Lipinski definition) is 4. The smallest absolute Gasteiger partial charge is 0.289 e. The highest BCUT2D eigenvalue weighted by Gasteiger charge is 2.41. The van der Waals surface area contributed by atoms with Crippen LogP contribution in [0.2, 0.25) is 0 Å². The summed E-state index contributed by atoms with van der Waals surface area (Å²) in [6.45, 7) is 0.186. The van der Waals surface area contributed by atoms with Gasteiger partial charge in [-0.05, 0) is 36.4 Å². The Labute approximate surface area is 143 Å². The second-order valence-electron chi connectivity index (χ2n) is 5.98. The summed E-state index contributed by atoms with van der Waals surface area (Å²) in [5.41, 5.74) is 0.613. The van der Waals surface area contributed by atoms with Crippen LogP contribution in [0.1, 0.15) is 10.6 Å². The van der Waals surface area contributed by atoms with Crippen molar-refractivity contribution in [2.75, 3.05) is 13.1 Å². The quantitative estimate of drug-likeness (QED) is 0.675. The third-order valence-corrected chi connectivity index (χ3v) is 6.46. The van der Waals surface area contributed by atoms with Gasteiger partial charge in [0.2, 0.25) is 0 Å². The zero-order valence-corrected chi connectivity index (χ0v) is 13.9. The van der Waals surface area contributed by atoms with Crippen molar-refractivity contribution < 1.29 is 22.0 Å². The molecular formula is C18H14FNO4S. The zero-order chi connectivity index (χ0) is 17.6. The van der Waals surface area contributed by atoms with E-state index in [1.807, 2.05) is 18.2 Å². The van der Waals surface area contributed by atoms with Gasteiger partial charge in [0, 0.05) is 18.5 Å². The molecule has 2 heterocycles. The Morgan fingerprint density at radius 1 is 1.08 bits per heavy atom. The van der Waals surface area contributed by atoms with Crippen molar-refractivity contribution in [2.45, 2.75) is 10.1 Å². The van der Waals surface area contributed by atoms with Gasteiger partial charge in [0.15, 0.2) is 15.6 Å². The number of hydrogen-bond donors (Lipinski definition) is 0. The first-order valence-corrected chi connectivity index (χ1v) is 9.27. The second-order valence-corrected chi connectivity index (χ2v) is 8.21. The molecule has 25 heavy (non-hydrogen) atoms. The first-order valence-electron chi connectivity index (χ1n) is 7.72. The third-order valence-electron chi connectivity index (χ3n) is 4.35. The lowest BCUT2D eigenvalue weighted by Gasteiger charge is -2.38. The SMILES string of the molecule is O=C(c1cc2ccccc2o1)N1CC(S(=O)(=O)c2ccc(F)cc2)C1. The van der Waals surface area contributed by atoms with Gasteiger partial charge >= 0.3 is 0 Å². The molecule has 0 aliphatic carbocycles. The predicted octanol–water partition coefficient (Wildman–Crippen LogP) is 2.87. The molecule has 0 spiro atoms. The summed E-state index contributed by atoms with van der Waals surface area (Å²) in [6, 6.07) is 13.6. The van der Waals surface area contributed by atoms with Crippen molar-refractivity contribution in [1.82, 2.24) is 4.90 Å². The lowest BCUT2D eigenvalue weighted by Crippen LogP contribution is -2.56. The number of amides is 1. The van der Waals surface area contributed by atoms with Crippen LogP contribution in [0, 0.1) is 5.82 Å². The fourth-order valence-corrected chi connectivity index (χ4v) is 4.51. The van der Waals surface area contributed by atoms with Gasteiger partial charge in [-0.15, -0.1) is 0 Å². The summed E-state index contributed by atoms with van der Waals surface area (Å²) in [4.78, 5) is 13.9. The minimum atomic E-state index is -3.58.